The third-order valence-corrected chi connectivity index (χ3v) is 2.99. The standard InChI is InChI=1S/C15H19F2NO3/c1-9(2)8-12(15(20)21)18-13(19)7-6-10-4-3-5-11(16)14(10)17/h3-5,9,12H,6-8H2,1-2H3,(H,18,19)(H,20,21)/t12-/m1/s1. The molecule has 0 unspecified atom stereocenters. The van der Waals surface area contributed by atoms with Gasteiger partial charge in [-0.2, -0.15) is 0 Å². The average molecular weight is 299 g/mol. The number of aliphatic carboxylic acids is 1. The number of carbonyl (C=O) groups is 2. The van der Waals surface area contributed by atoms with E-state index in [2.05, 4.69) is 5.32 Å². The normalized spacial score (nSPS) is 12.2. The van der Waals surface area contributed by atoms with Crippen molar-refractivity contribution in [2.75, 3.05) is 0 Å². The van der Waals surface area contributed by atoms with Crippen LogP contribution in [0.2, 0.25) is 0 Å². The lowest BCUT2D eigenvalue weighted by molar-refractivity contribution is -0.142. The lowest BCUT2D eigenvalue weighted by Gasteiger charge is -2.16. The maximum Gasteiger partial charge on any atom is 0.326 e. The van der Waals surface area contributed by atoms with Crippen molar-refractivity contribution in [3.8, 4) is 0 Å². The Balaban J connectivity index is 2.57. The van der Waals surface area contributed by atoms with Crippen LogP contribution in [0.25, 0.3) is 0 Å². The molecular formula is C15H19F2NO3. The minimum atomic E-state index is -1.10. The molecular weight excluding hydrogens is 280 g/mol. The molecule has 0 saturated heterocycles. The largest absolute Gasteiger partial charge is 0.480 e. The molecule has 1 aromatic rings. The minimum absolute atomic E-state index is 0.0173. The van der Waals surface area contributed by atoms with E-state index in [0.29, 0.717) is 6.42 Å². The van der Waals surface area contributed by atoms with Gasteiger partial charge in [0, 0.05) is 6.42 Å². The van der Waals surface area contributed by atoms with Crippen LogP contribution >= 0.6 is 0 Å². The quantitative estimate of drug-likeness (QED) is 0.813. The van der Waals surface area contributed by atoms with Crippen molar-refractivity contribution in [1.82, 2.24) is 5.32 Å². The first-order valence-electron chi connectivity index (χ1n) is 6.76. The molecule has 0 bridgehead atoms. The highest BCUT2D eigenvalue weighted by atomic mass is 19.2. The van der Waals surface area contributed by atoms with E-state index >= 15 is 0 Å². The van der Waals surface area contributed by atoms with Crippen LogP contribution in [0.1, 0.15) is 32.3 Å². The molecule has 21 heavy (non-hydrogen) atoms. The molecule has 0 saturated carbocycles. The highest BCUT2D eigenvalue weighted by Crippen LogP contribution is 2.13. The fourth-order valence-corrected chi connectivity index (χ4v) is 1.95. The second-order valence-electron chi connectivity index (χ2n) is 5.30. The van der Waals surface area contributed by atoms with Crippen LogP contribution in [0.3, 0.4) is 0 Å². The summed E-state index contributed by atoms with van der Waals surface area (Å²) < 4.78 is 26.4. The Morgan fingerprint density at radius 2 is 1.95 bits per heavy atom. The van der Waals surface area contributed by atoms with Crippen molar-refractivity contribution >= 4 is 11.9 Å². The summed E-state index contributed by atoms with van der Waals surface area (Å²) in [6.07, 6.45) is 0.237. The molecule has 0 aliphatic rings. The first-order valence-corrected chi connectivity index (χ1v) is 6.76. The van der Waals surface area contributed by atoms with Crippen LogP contribution in [0.15, 0.2) is 18.2 Å². The maximum atomic E-state index is 13.4. The van der Waals surface area contributed by atoms with E-state index in [1.165, 1.54) is 12.1 Å². The van der Waals surface area contributed by atoms with Gasteiger partial charge >= 0.3 is 5.97 Å². The predicted molar refractivity (Wildman–Crippen MR) is 73.7 cm³/mol. The Kier molecular flexibility index (Phi) is 6.27. The van der Waals surface area contributed by atoms with Crippen molar-refractivity contribution in [1.29, 1.82) is 0 Å². The number of amides is 1. The molecule has 0 aliphatic heterocycles. The van der Waals surface area contributed by atoms with E-state index < -0.39 is 29.6 Å². The summed E-state index contributed by atoms with van der Waals surface area (Å²) in [6, 6.07) is 2.80. The molecule has 116 valence electrons. The summed E-state index contributed by atoms with van der Waals surface area (Å²) >= 11 is 0. The molecule has 2 N–H and O–H groups in total. The number of aryl methyl sites for hydroxylation is 1. The van der Waals surface area contributed by atoms with Crippen molar-refractivity contribution in [2.45, 2.75) is 39.2 Å². The van der Waals surface area contributed by atoms with Gasteiger partial charge in [0.25, 0.3) is 0 Å². The van der Waals surface area contributed by atoms with Crippen LogP contribution in [-0.4, -0.2) is 23.0 Å². The zero-order chi connectivity index (χ0) is 16.0. The highest BCUT2D eigenvalue weighted by molar-refractivity contribution is 5.83. The second kappa shape index (κ2) is 7.71. The minimum Gasteiger partial charge on any atom is -0.480 e. The van der Waals surface area contributed by atoms with Crippen LogP contribution in [-0.2, 0) is 16.0 Å². The van der Waals surface area contributed by atoms with Gasteiger partial charge in [-0.1, -0.05) is 26.0 Å². The molecule has 0 aliphatic carbocycles. The molecule has 0 heterocycles. The predicted octanol–water partition coefficient (Wildman–Crippen LogP) is 2.51. The van der Waals surface area contributed by atoms with E-state index in [4.69, 9.17) is 5.11 Å². The van der Waals surface area contributed by atoms with Gasteiger partial charge in [-0.05, 0) is 30.4 Å². The van der Waals surface area contributed by atoms with Crippen molar-refractivity contribution in [3.05, 3.63) is 35.4 Å². The molecule has 1 aromatic carbocycles. The average Bonchev–Trinajstić information content (AvgIpc) is 2.39. The number of carboxylic acid groups (broad SMARTS) is 1. The summed E-state index contributed by atoms with van der Waals surface area (Å²) in [6.45, 7) is 3.70. The Morgan fingerprint density at radius 3 is 2.52 bits per heavy atom. The van der Waals surface area contributed by atoms with E-state index in [0.717, 1.165) is 6.07 Å². The number of carbonyl (C=O) groups excluding carboxylic acids is 1. The number of rotatable bonds is 7. The van der Waals surface area contributed by atoms with E-state index in [-0.39, 0.29) is 24.3 Å². The van der Waals surface area contributed by atoms with Crippen LogP contribution in [0.5, 0.6) is 0 Å². The third-order valence-electron chi connectivity index (χ3n) is 2.99. The molecule has 4 nitrogen and oxygen atoms in total. The van der Waals surface area contributed by atoms with Crippen molar-refractivity contribution in [3.63, 3.8) is 0 Å². The fraction of sp³-hybridized carbons (Fsp3) is 0.467. The van der Waals surface area contributed by atoms with E-state index in [9.17, 15) is 18.4 Å². The molecule has 1 amide bonds. The monoisotopic (exact) mass is 299 g/mol. The Labute approximate surface area is 122 Å². The number of benzene rings is 1. The third kappa shape index (κ3) is 5.49. The van der Waals surface area contributed by atoms with Crippen molar-refractivity contribution in [2.24, 2.45) is 5.92 Å². The lowest BCUT2D eigenvalue weighted by atomic mass is 10.0. The molecule has 1 atom stereocenters. The molecule has 0 aromatic heterocycles. The summed E-state index contributed by atoms with van der Waals surface area (Å²) in [7, 11) is 0. The van der Waals surface area contributed by atoms with Gasteiger partial charge in [0.05, 0.1) is 0 Å². The summed E-state index contributed by atoms with van der Waals surface area (Å²) in [5.74, 6) is -3.41. The Hall–Kier alpha value is -1.98. The van der Waals surface area contributed by atoms with Crippen LogP contribution in [0.4, 0.5) is 8.78 Å². The Morgan fingerprint density at radius 1 is 1.29 bits per heavy atom. The van der Waals surface area contributed by atoms with Gasteiger partial charge in [0.2, 0.25) is 5.91 Å². The van der Waals surface area contributed by atoms with E-state index in [1.54, 1.807) is 0 Å². The van der Waals surface area contributed by atoms with Gasteiger partial charge in [-0.15, -0.1) is 0 Å². The highest BCUT2D eigenvalue weighted by Gasteiger charge is 2.21. The van der Waals surface area contributed by atoms with Crippen LogP contribution < -0.4 is 5.32 Å². The lowest BCUT2D eigenvalue weighted by Crippen LogP contribution is -2.41. The Bertz CT molecular complexity index is 518. The number of nitrogens with one attached hydrogen (secondary N) is 1. The van der Waals surface area contributed by atoms with E-state index in [1.807, 2.05) is 13.8 Å². The number of carboxylic acids is 1. The van der Waals surface area contributed by atoms with Gasteiger partial charge in [0.15, 0.2) is 11.6 Å². The smallest absolute Gasteiger partial charge is 0.326 e. The second-order valence-corrected chi connectivity index (χ2v) is 5.30. The zero-order valence-corrected chi connectivity index (χ0v) is 12.0. The van der Waals surface area contributed by atoms with Gasteiger partial charge in [0.1, 0.15) is 6.04 Å². The zero-order valence-electron chi connectivity index (χ0n) is 12.0. The molecule has 0 fully saturated rings. The fourth-order valence-electron chi connectivity index (χ4n) is 1.95. The topological polar surface area (TPSA) is 66.4 Å². The number of hydrogen-bond donors (Lipinski definition) is 2. The van der Waals surface area contributed by atoms with Crippen LogP contribution in [0, 0.1) is 17.6 Å². The van der Waals surface area contributed by atoms with Crippen molar-refractivity contribution < 1.29 is 23.5 Å². The van der Waals surface area contributed by atoms with Gasteiger partial charge < -0.3 is 10.4 Å². The van der Waals surface area contributed by atoms with Gasteiger partial charge in [-0.3, -0.25) is 4.79 Å². The molecule has 0 spiro atoms. The SMILES string of the molecule is CC(C)C[C@@H](NC(=O)CCc1cccc(F)c1F)C(=O)O. The summed E-state index contributed by atoms with van der Waals surface area (Å²) in [5.41, 5.74) is 0.0980. The first-order chi connectivity index (χ1) is 9.81. The summed E-state index contributed by atoms with van der Waals surface area (Å²) in [5, 5.41) is 11.4. The molecule has 1 rings (SSSR count). The first kappa shape index (κ1) is 17.1. The summed E-state index contributed by atoms with van der Waals surface area (Å²) in [4.78, 5) is 22.7. The molecule has 0 radical (unpaired) electrons. The maximum absolute atomic E-state index is 13.4. The molecule has 6 heteroatoms. The number of halogens is 2. The van der Waals surface area contributed by atoms with Gasteiger partial charge in [-0.25, -0.2) is 13.6 Å². The number of hydrogen-bond acceptors (Lipinski definition) is 2.